The second-order valence-corrected chi connectivity index (χ2v) is 11.9. The lowest BCUT2D eigenvalue weighted by Gasteiger charge is -2.35. The molecule has 4 aromatic rings. The van der Waals surface area contributed by atoms with Crippen molar-refractivity contribution in [2.75, 3.05) is 18.8 Å². The van der Waals surface area contributed by atoms with Gasteiger partial charge in [-0.25, -0.2) is 17.4 Å². The number of fused-ring (bicyclic) bond motifs is 2. The van der Waals surface area contributed by atoms with Gasteiger partial charge in [-0.05, 0) is 53.3 Å². The maximum absolute atomic E-state index is 13.8. The number of carbonyl (C=O) groups is 1. The molecule has 0 saturated carbocycles. The smallest absolute Gasteiger partial charge is 0.270 e. The van der Waals surface area contributed by atoms with Crippen molar-refractivity contribution in [2.45, 2.75) is 30.3 Å². The van der Waals surface area contributed by atoms with E-state index in [1.165, 1.54) is 15.7 Å². The van der Waals surface area contributed by atoms with Crippen LogP contribution in [0.15, 0.2) is 76.8 Å². The van der Waals surface area contributed by atoms with Crippen LogP contribution in [-0.2, 0) is 14.8 Å². The first kappa shape index (κ1) is 22.9. The second-order valence-electron chi connectivity index (χ2n) is 9.19. The topological polar surface area (TPSA) is 72.3 Å². The molecule has 1 aliphatic rings. The van der Waals surface area contributed by atoms with Gasteiger partial charge in [0, 0.05) is 13.1 Å². The largest absolute Gasteiger partial charge is 0.341 e. The molecule has 0 N–H and O–H groups in total. The molecule has 5 rings (SSSR count). The van der Waals surface area contributed by atoms with E-state index in [-0.39, 0.29) is 16.6 Å². The second kappa shape index (κ2) is 9.07. The van der Waals surface area contributed by atoms with Crippen LogP contribution in [0, 0.1) is 11.8 Å². The predicted molar refractivity (Wildman–Crippen MR) is 137 cm³/mol. The van der Waals surface area contributed by atoms with Crippen LogP contribution in [0.5, 0.6) is 0 Å². The molecular weight excluding hydrogens is 466 g/mol. The summed E-state index contributed by atoms with van der Waals surface area (Å²) in [6, 6.07) is 20.0. The van der Waals surface area contributed by atoms with Crippen LogP contribution < -0.4 is 0 Å². The van der Waals surface area contributed by atoms with E-state index in [1.54, 1.807) is 30.3 Å². The number of nitrogens with zero attached hydrogens (tertiary/aromatic N) is 3. The predicted octanol–water partition coefficient (Wildman–Crippen LogP) is 5.02. The zero-order valence-electron chi connectivity index (χ0n) is 19.2. The van der Waals surface area contributed by atoms with Crippen molar-refractivity contribution < 1.29 is 13.2 Å². The van der Waals surface area contributed by atoms with Crippen molar-refractivity contribution in [3.05, 3.63) is 66.7 Å². The molecule has 1 fully saturated rings. The highest BCUT2D eigenvalue weighted by atomic mass is 32.2. The Balaban J connectivity index is 1.50. The number of rotatable bonds is 5. The molecule has 1 saturated heterocycles. The van der Waals surface area contributed by atoms with Gasteiger partial charge in [0.2, 0.25) is 5.91 Å². The number of aromatic nitrogens is 2. The van der Waals surface area contributed by atoms with Crippen LogP contribution in [-0.4, -0.2) is 47.0 Å². The standard InChI is InChI=1S/C26H27N3O3S2/c1-18-13-19(2)16-28(15-18)25(30)17-33-26-27-23-9-5-6-10-24(23)29(26)34(31,32)22-12-11-20-7-3-4-8-21(20)14-22/h3-12,14,18-19H,13,15-17H2,1-2H3. The minimum absolute atomic E-state index is 0.0186. The van der Waals surface area contributed by atoms with E-state index >= 15 is 0 Å². The number of para-hydroxylation sites is 2. The average molecular weight is 494 g/mol. The number of carbonyl (C=O) groups excluding carboxylic acids is 1. The Morgan fingerprint density at radius 2 is 1.65 bits per heavy atom. The number of imidazole rings is 1. The van der Waals surface area contributed by atoms with Crippen molar-refractivity contribution in [1.29, 1.82) is 0 Å². The van der Waals surface area contributed by atoms with Gasteiger partial charge in [0.15, 0.2) is 5.16 Å². The van der Waals surface area contributed by atoms with Crippen molar-refractivity contribution >= 4 is 49.5 Å². The van der Waals surface area contributed by atoms with Gasteiger partial charge in [-0.15, -0.1) is 0 Å². The van der Waals surface area contributed by atoms with Crippen LogP contribution in [0.25, 0.3) is 21.8 Å². The first-order chi connectivity index (χ1) is 16.3. The Hall–Kier alpha value is -2.84. The third kappa shape index (κ3) is 4.32. The summed E-state index contributed by atoms with van der Waals surface area (Å²) in [4.78, 5) is 19.7. The number of likely N-dealkylation sites (tertiary alicyclic amines) is 1. The molecule has 34 heavy (non-hydrogen) atoms. The number of amides is 1. The molecule has 0 bridgehead atoms. The van der Waals surface area contributed by atoms with E-state index in [1.807, 2.05) is 41.3 Å². The van der Waals surface area contributed by atoms with Gasteiger partial charge in [-0.3, -0.25) is 4.79 Å². The van der Waals surface area contributed by atoms with E-state index in [9.17, 15) is 13.2 Å². The number of thioether (sulfide) groups is 1. The monoisotopic (exact) mass is 493 g/mol. The Labute approximate surface area is 204 Å². The summed E-state index contributed by atoms with van der Waals surface area (Å²) in [7, 11) is -3.93. The Morgan fingerprint density at radius 1 is 0.971 bits per heavy atom. The van der Waals surface area contributed by atoms with Gasteiger partial charge < -0.3 is 4.90 Å². The molecule has 1 aromatic heterocycles. The summed E-state index contributed by atoms with van der Waals surface area (Å²) < 4.78 is 28.9. The maximum Gasteiger partial charge on any atom is 0.270 e. The van der Waals surface area contributed by atoms with Crippen LogP contribution in [0.1, 0.15) is 20.3 Å². The summed E-state index contributed by atoms with van der Waals surface area (Å²) in [5.41, 5.74) is 1.09. The van der Waals surface area contributed by atoms with E-state index in [2.05, 4.69) is 18.8 Å². The minimum atomic E-state index is -3.93. The van der Waals surface area contributed by atoms with Gasteiger partial charge in [-0.1, -0.05) is 68.1 Å². The fourth-order valence-electron chi connectivity index (χ4n) is 4.82. The molecule has 176 valence electrons. The third-order valence-corrected chi connectivity index (χ3v) is 9.03. The first-order valence-corrected chi connectivity index (χ1v) is 13.9. The summed E-state index contributed by atoms with van der Waals surface area (Å²) >= 11 is 1.18. The zero-order chi connectivity index (χ0) is 23.9. The number of hydrogen-bond donors (Lipinski definition) is 0. The van der Waals surface area contributed by atoms with Crippen molar-refractivity contribution in [2.24, 2.45) is 11.8 Å². The molecule has 1 amide bonds. The normalized spacial score (nSPS) is 19.1. The highest BCUT2D eigenvalue weighted by Gasteiger charge is 2.28. The van der Waals surface area contributed by atoms with Crippen LogP contribution >= 0.6 is 11.8 Å². The molecule has 6 nitrogen and oxygen atoms in total. The molecule has 8 heteroatoms. The molecule has 2 atom stereocenters. The maximum atomic E-state index is 13.8. The highest BCUT2D eigenvalue weighted by Crippen LogP contribution is 2.31. The summed E-state index contributed by atoms with van der Waals surface area (Å²) in [6.45, 7) is 5.82. The molecule has 3 aromatic carbocycles. The van der Waals surface area contributed by atoms with Crippen molar-refractivity contribution in [1.82, 2.24) is 13.9 Å². The van der Waals surface area contributed by atoms with Crippen molar-refractivity contribution in [3.8, 4) is 0 Å². The molecule has 0 spiro atoms. The summed E-state index contributed by atoms with van der Waals surface area (Å²) in [6.07, 6.45) is 1.12. The molecule has 2 unspecified atom stereocenters. The quantitative estimate of drug-likeness (QED) is 0.365. The van der Waals surface area contributed by atoms with E-state index in [0.29, 0.717) is 28.0 Å². The van der Waals surface area contributed by atoms with Gasteiger partial charge in [-0.2, -0.15) is 0 Å². The summed E-state index contributed by atoms with van der Waals surface area (Å²) in [5.74, 6) is 1.10. The first-order valence-electron chi connectivity index (χ1n) is 11.5. The number of piperidine rings is 1. The Bertz CT molecular complexity index is 1470. The van der Waals surface area contributed by atoms with E-state index in [4.69, 9.17) is 0 Å². The molecule has 0 aliphatic carbocycles. The van der Waals surface area contributed by atoms with Gasteiger partial charge in [0.05, 0.1) is 21.7 Å². The highest BCUT2D eigenvalue weighted by molar-refractivity contribution is 8.00. The summed E-state index contributed by atoms with van der Waals surface area (Å²) in [5, 5.41) is 2.13. The van der Waals surface area contributed by atoms with Gasteiger partial charge in [0.25, 0.3) is 10.0 Å². The van der Waals surface area contributed by atoms with Crippen LogP contribution in [0.2, 0.25) is 0 Å². The van der Waals surface area contributed by atoms with E-state index < -0.39 is 10.0 Å². The molecular formula is C26H27N3O3S2. The average Bonchev–Trinajstić information content (AvgIpc) is 3.21. The lowest BCUT2D eigenvalue weighted by molar-refractivity contribution is -0.130. The van der Waals surface area contributed by atoms with Crippen molar-refractivity contribution in [3.63, 3.8) is 0 Å². The fraction of sp³-hybridized carbons (Fsp3) is 0.308. The van der Waals surface area contributed by atoms with Gasteiger partial charge >= 0.3 is 0 Å². The van der Waals surface area contributed by atoms with Crippen LogP contribution in [0.4, 0.5) is 0 Å². The zero-order valence-corrected chi connectivity index (χ0v) is 20.8. The lowest BCUT2D eigenvalue weighted by Crippen LogP contribution is -2.43. The van der Waals surface area contributed by atoms with Gasteiger partial charge in [0.1, 0.15) is 0 Å². The van der Waals surface area contributed by atoms with Crippen LogP contribution in [0.3, 0.4) is 0 Å². The Kier molecular flexibility index (Phi) is 6.12. The third-order valence-electron chi connectivity index (χ3n) is 6.30. The Morgan fingerprint density at radius 3 is 2.41 bits per heavy atom. The molecule has 2 heterocycles. The SMILES string of the molecule is CC1CC(C)CN(C(=O)CSc2nc3ccccc3n2S(=O)(=O)c2ccc3ccccc3c2)C1. The number of hydrogen-bond acceptors (Lipinski definition) is 5. The lowest BCUT2D eigenvalue weighted by atomic mass is 9.92. The number of benzene rings is 3. The molecule has 1 aliphatic heterocycles. The fourth-order valence-corrected chi connectivity index (χ4v) is 7.48. The van der Waals surface area contributed by atoms with E-state index in [0.717, 1.165) is 30.3 Å². The molecule has 0 radical (unpaired) electrons. The minimum Gasteiger partial charge on any atom is -0.341 e.